The smallest absolute Gasteiger partial charge is 0.123 e. The highest BCUT2D eigenvalue weighted by Crippen LogP contribution is 2.22. The number of nitrogens with zero attached hydrogens (tertiary/aromatic N) is 1. The van der Waals surface area contributed by atoms with E-state index in [0.717, 1.165) is 30.8 Å². The number of ether oxygens (including phenoxy) is 1. The number of nitrogens with two attached hydrogens (primary N) is 1. The standard InChI is InChI=1S/C16H21N3O/c1-2-8-20-16-10-14(17)9-15(11-16)19-7-5-13-4-3-6-18-12-13/h3-4,6,9-12,19H,2,5,7-8,17H2,1H3. The quantitative estimate of drug-likeness (QED) is 0.760. The molecule has 0 unspecified atom stereocenters. The van der Waals surface area contributed by atoms with Crippen molar-refractivity contribution in [3.8, 4) is 5.75 Å². The molecule has 1 heterocycles. The van der Waals surface area contributed by atoms with Gasteiger partial charge in [-0.3, -0.25) is 4.98 Å². The Morgan fingerprint density at radius 2 is 2.20 bits per heavy atom. The van der Waals surface area contributed by atoms with E-state index in [1.165, 1.54) is 5.56 Å². The molecule has 0 radical (unpaired) electrons. The second-order valence-electron chi connectivity index (χ2n) is 4.68. The fourth-order valence-corrected chi connectivity index (χ4v) is 1.92. The maximum absolute atomic E-state index is 5.88. The molecular weight excluding hydrogens is 250 g/mol. The van der Waals surface area contributed by atoms with E-state index in [0.29, 0.717) is 12.3 Å². The Hall–Kier alpha value is -2.23. The molecule has 0 saturated carbocycles. The van der Waals surface area contributed by atoms with Crippen LogP contribution < -0.4 is 15.8 Å². The number of aromatic nitrogens is 1. The maximum Gasteiger partial charge on any atom is 0.123 e. The van der Waals surface area contributed by atoms with Gasteiger partial charge in [-0.25, -0.2) is 0 Å². The third-order valence-electron chi connectivity index (χ3n) is 2.87. The van der Waals surface area contributed by atoms with Crippen LogP contribution in [0.25, 0.3) is 0 Å². The fraction of sp³-hybridized carbons (Fsp3) is 0.312. The molecule has 3 N–H and O–H groups in total. The molecule has 106 valence electrons. The Labute approximate surface area is 120 Å². The van der Waals surface area contributed by atoms with Gasteiger partial charge in [-0.05, 0) is 30.5 Å². The Kier molecular flexibility index (Phi) is 5.24. The summed E-state index contributed by atoms with van der Waals surface area (Å²) in [7, 11) is 0. The fourth-order valence-electron chi connectivity index (χ4n) is 1.92. The van der Waals surface area contributed by atoms with Crippen LogP contribution in [0.1, 0.15) is 18.9 Å². The first-order valence-corrected chi connectivity index (χ1v) is 6.94. The number of hydrogen-bond donors (Lipinski definition) is 2. The summed E-state index contributed by atoms with van der Waals surface area (Å²) in [4.78, 5) is 4.10. The largest absolute Gasteiger partial charge is 0.493 e. The van der Waals surface area contributed by atoms with Crippen LogP contribution in [0.2, 0.25) is 0 Å². The molecule has 0 aliphatic carbocycles. The number of pyridine rings is 1. The minimum atomic E-state index is 0.707. The predicted molar refractivity (Wildman–Crippen MR) is 83.1 cm³/mol. The average molecular weight is 271 g/mol. The Balaban J connectivity index is 1.90. The van der Waals surface area contributed by atoms with Crippen LogP contribution in [-0.4, -0.2) is 18.1 Å². The number of anilines is 2. The highest BCUT2D eigenvalue weighted by Gasteiger charge is 2.00. The van der Waals surface area contributed by atoms with Gasteiger partial charge in [0, 0.05) is 42.4 Å². The van der Waals surface area contributed by atoms with Crippen molar-refractivity contribution < 1.29 is 4.74 Å². The number of hydrogen-bond acceptors (Lipinski definition) is 4. The molecule has 0 atom stereocenters. The summed E-state index contributed by atoms with van der Waals surface area (Å²) in [5, 5.41) is 3.36. The van der Waals surface area contributed by atoms with Crippen LogP contribution in [0.4, 0.5) is 11.4 Å². The zero-order chi connectivity index (χ0) is 14.2. The zero-order valence-electron chi connectivity index (χ0n) is 11.8. The maximum atomic E-state index is 5.88. The number of rotatable bonds is 7. The van der Waals surface area contributed by atoms with Crippen LogP contribution in [0.15, 0.2) is 42.7 Å². The normalized spacial score (nSPS) is 10.2. The van der Waals surface area contributed by atoms with Crippen LogP contribution in [0, 0.1) is 0 Å². The molecule has 0 saturated heterocycles. The van der Waals surface area contributed by atoms with Crippen molar-refractivity contribution in [3.63, 3.8) is 0 Å². The molecule has 1 aromatic heterocycles. The van der Waals surface area contributed by atoms with Gasteiger partial charge in [-0.2, -0.15) is 0 Å². The molecule has 2 rings (SSSR count). The van der Waals surface area contributed by atoms with E-state index in [9.17, 15) is 0 Å². The lowest BCUT2D eigenvalue weighted by molar-refractivity contribution is 0.318. The van der Waals surface area contributed by atoms with E-state index in [1.807, 2.05) is 30.5 Å². The van der Waals surface area contributed by atoms with Gasteiger partial charge < -0.3 is 15.8 Å². The van der Waals surface area contributed by atoms with Crippen molar-refractivity contribution in [1.29, 1.82) is 0 Å². The van der Waals surface area contributed by atoms with Crippen molar-refractivity contribution in [2.75, 3.05) is 24.2 Å². The molecule has 4 heteroatoms. The molecule has 20 heavy (non-hydrogen) atoms. The minimum absolute atomic E-state index is 0.707. The van der Waals surface area contributed by atoms with Gasteiger partial charge in [-0.1, -0.05) is 13.0 Å². The number of nitrogen functional groups attached to an aromatic ring is 1. The van der Waals surface area contributed by atoms with E-state index >= 15 is 0 Å². The predicted octanol–water partition coefficient (Wildman–Crippen LogP) is 3.11. The Morgan fingerprint density at radius 3 is 2.95 bits per heavy atom. The first-order chi connectivity index (χ1) is 9.78. The van der Waals surface area contributed by atoms with Crippen molar-refractivity contribution >= 4 is 11.4 Å². The summed E-state index contributed by atoms with van der Waals surface area (Å²) in [6.07, 6.45) is 5.58. The summed E-state index contributed by atoms with van der Waals surface area (Å²) in [6.45, 7) is 3.63. The summed E-state index contributed by atoms with van der Waals surface area (Å²) in [5.74, 6) is 0.815. The molecule has 0 amide bonds. The SMILES string of the molecule is CCCOc1cc(N)cc(NCCc2cccnc2)c1. The van der Waals surface area contributed by atoms with Crippen molar-refractivity contribution in [2.45, 2.75) is 19.8 Å². The molecule has 0 spiro atoms. The molecular formula is C16H21N3O. The lowest BCUT2D eigenvalue weighted by atomic mass is 10.2. The molecule has 0 aliphatic heterocycles. The molecule has 0 bridgehead atoms. The average Bonchev–Trinajstić information content (AvgIpc) is 2.46. The molecule has 2 aromatic rings. The zero-order valence-corrected chi connectivity index (χ0v) is 11.8. The van der Waals surface area contributed by atoms with Crippen LogP contribution in [0.5, 0.6) is 5.75 Å². The summed E-state index contributed by atoms with van der Waals surface area (Å²) in [6, 6.07) is 9.77. The van der Waals surface area contributed by atoms with Crippen LogP contribution >= 0.6 is 0 Å². The topological polar surface area (TPSA) is 60.2 Å². The third kappa shape index (κ3) is 4.46. The van der Waals surface area contributed by atoms with E-state index in [4.69, 9.17) is 10.5 Å². The van der Waals surface area contributed by atoms with E-state index < -0.39 is 0 Å². The van der Waals surface area contributed by atoms with Gasteiger partial charge in [0.25, 0.3) is 0 Å². The van der Waals surface area contributed by atoms with E-state index in [2.05, 4.69) is 23.3 Å². The highest BCUT2D eigenvalue weighted by atomic mass is 16.5. The van der Waals surface area contributed by atoms with Gasteiger partial charge >= 0.3 is 0 Å². The first-order valence-electron chi connectivity index (χ1n) is 6.94. The lowest BCUT2D eigenvalue weighted by Crippen LogP contribution is -2.06. The van der Waals surface area contributed by atoms with Crippen LogP contribution in [0.3, 0.4) is 0 Å². The number of nitrogens with one attached hydrogen (secondary N) is 1. The monoisotopic (exact) mass is 271 g/mol. The summed E-state index contributed by atoms with van der Waals surface area (Å²) in [5.41, 5.74) is 8.79. The Bertz CT molecular complexity index is 529. The van der Waals surface area contributed by atoms with Crippen LogP contribution in [-0.2, 0) is 6.42 Å². The van der Waals surface area contributed by atoms with Crippen molar-refractivity contribution in [2.24, 2.45) is 0 Å². The molecule has 4 nitrogen and oxygen atoms in total. The third-order valence-corrected chi connectivity index (χ3v) is 2.87. The van der Waals surface area contributed by atoms with Crippen molar-refractivity contribution in [3.05, 3.63) is 48.3 Å². The minimum Gasteiger partial charge on any atom is -0.493 e. The molecule has 0 aliphatic rings. The van der Waals surface area contributed by atoms with Gasteiger partial charge in [-0.15, -0.1) is 0 Å². The van der Waals surface area contributed by atoms with E-state index in [1.54, 1.807) is 6.20 Å². The summed E-state index contributed by atoms with van der Waals surface area (Å²) >= 11 is 0. The Morgan fingerprint density at radius 1 is 1.30 bits per heavy atom. The second-order valence-corrected chi connectivity index (χ2v) is 4.68. The summed E-state index contributed by atoms with van der Waals surface area (Å²) < 4.78 is 5.61. The van der Waals surface area contributed by atoms with E-state index in [-0.39, 0.29) is 0 Å². The highest BCUT2D eigenvalue weighted by molar-refractivity contribution is 5.59. The van der Waals surface area contributed by atoms with Gasteiger partial charge in [0.2, 0.25) is 0 Å². The lowest BCUT2D eigenvalue weighted by Gasteiger charge is -2.11. The van der Waals surface area contributed by atoms with Gasteiger partial charge in [0.05, 0.1) is 6.61 Å². The molecule has 0 fully saturated rings. The first kappa shape index (κ1) is 14.2. The van der Waals surface area contributed by atoms with Gasteiger partial charge in [0.1, 0.15) is 5.75 Å². The second kappa shape index (κ2) is 7.38. The number of benzene rings is 1. The molecule has 1 aromatic carbocycles. The van der Waals surface area contributed by atoms with Crippen molar-refractivity contribution in [1.82, 2.24) is 4.98 Å². The van der Waals surface area contributed by atoms with Gasteiger partial charge in [0.15, 0.2) is 0 Å².